The second-order valence-corrected chi connectivity index (χ2v) is 6.54. The molecule has 1 heterocycles. The maximum Gasteiger partial charge on any atom is 0.220 e. The lowest BCUT2D eigenvalue weighted by molar-refractivity contribution is -0.121. The van der Waals surface area contributed by atoms with E-state index in [9.17, 15) is 4.79 Å². The van der Waals surface area contributed by atoms with Gasteiger partial charge in [-0.3, -0.25) is 4.79 Å². The number of carbonyl (C=O) groups excluding carboxylic acids is 1. The van der Waals surface area contributed by atoms with Crippen LogP contribution in [-0.2, 0) is 24.4 Å². The predicted molar refractivity (Wildman–Crippen MR) is 77.5 cm³/mol. The van der Waals surface area contributed by atoms with Gasteiger partial charge in [0, 0.05) is 26.1 Å². The summed E-state index contributed by atoms with van der Waals surface area (Å²) in [6.07, 6.45) is 1.53. The molecule has 1 aromatic carbocycles. The van der Waals surface area contributed by atoms with Gasteiger partial charge in [0.2, 0.25) is 5.91 Å². The summed E-state index contributed by atoms with van der Waals surface area (Å²) in [5, 5.41) is 6.33. The van der Waals surface area contributed by atoms with E-state index in [-0.39, 0.29) is 11.3 Å². The summed E-state index contributed by atoms with van der Waals surface area (Å²) in [6.45, 7) is 9.03. The van der Waals surface area contributed by atoms with Crippen molar-refractivity contribution in [2.24, 2.45) is 5.41 Å². The summed E-state index contributed by atoms with van der Waals surface area (Å²) in [7, 11) is 0. The Morgan fingerprint density at radius 3 is 2.74 bits per heavy atom. The zero-order chi connectivity index (χ0) is 13.9. The molecule has 104 valence electrons. The first-order chi connectivity index (χ1) is 8.94. The van der Waals surface area contributed by atoms with Crippen LogP contribution in [0, 0.1) is 5.41 Å². The normalized spacial score (nSPS) is 14.3. The molecular weight excluding hydrogens is 236 g/mol. The van der Waals surface area contributed by atoms with E-state index in [1.54, 1.807) is 0 Å². The van der Waals surface area contributed by atoms with Crippen LogP contribution in [0.1, 0.15) is 50.3 Å². The topological polar surface area (TPSA) is 41.1 Å². The van der Waals surface area contributed by atoms with Gasteiger partial charge in [0.15, 0.2) is 0 Å². The summed E-state index contributed by atoms with van der Waals surface area (Å²) in [4.78, 5) is 11.8. The fraction of sp³-hybridized carbons (Fsp3) is 0.562. The summed E-state index contributed by atoms with van der Waals surface area (Å²) in [5.74, 6) is 0.147. The quantitative estimate of drug-likeness (QED) is 0.874. The Balaban J connectivity index is 1.81. The molecular formula is C16H24N2O. The molecule has 0 fully saturated rings. The van der Waals surface area contributed by atoms with Crippen molar-refractivity contribution < 1.29 is 4.79 Å². The third-order valence-electron chi connectivity index (χ3n) is 3.49. The molecule has 2 N–H and O–H groups in total. The molecule has 0 unspecified atom stereocenters. The van der Waals surface area contributed by atoms with Crippen LogP contribution in [0.5, 0.6) is 0 Å². The lowest BCUT2D eigenvalue weighted by Gasteiger charge is -2.17. The van der Waals surface area contributed by atoms with E-state index >= 15 is 0 Å². The Bertz CT molecular complexity index is 460. The lowest BCUT2D eigenvalue weighted by atomic mass is 9.90. The third kappa shape index (κ3) is 4.35. The minimum absolute atomic E-state index is 0.147. The van der Waals surface area contributed by atoms with Gasteiger partial charge in [0.25, 0.3) is 0 Å². The summed E-state index contributed by atoms with van der Waals surface area (Å²) in [6, 6.07) is 6.46. The van der Waals surface area contributed by atoms with Gasteiger partial charge >= 0.3 is 0 Å². The van der Waals surface area contributed by atoms with Gasteiger partial charge in [0.05, 0.1) is 0 Å². The van der Waals surface area contributed by atoms with Crippen molar-refractivity contribution in [1.29, 1.82) is 0 Å². The number of benzene rings is 1. The number of amides is 1. The first-order valence-corrected chi connectivity index (χ1v) is 7.02. The molecule has 1 aliphatic rings. The lowest BCUT2D eigenvalue weighted by Crippen LogP contribution is -2.24. The molecule has 0 radical (unpaired) electrons. The third-order valence-corrected chi connectivity index (χ3v) is 3.49. The van der Waals surface area contributed by atoms with Gasteiger partial charge in [-0.15, -0.1) is 0 Å². The molecule has 3 nitrogen and oxygen atoms in total. The molecule has 3 heteroatoms. The summed E-state index contributed by atoms with van der Waals surface area (Å²) in [5.41, 5.74) is 4.15. The number of nitrogens with one attached hydrogen (secondary N) is 2. The minimum Gasteiger partial charge on any atom is -0.352 e. The highest BCUT2D eigenvalue weighted by Gasteiger charge is 2.13. The minimum atomic E-state index is 0.147. The molecule has 0 aromatic heterocycles. The van der Waals surface area contributed by atoms with Gasteiger partial charge < -0.3 is 10.6 Å². The van der Waals surface area contributed by atoms with Crippen LogP contribution in [0.3, 0.4) is 0 Å². The van der Waals surface area contributed by atoms with Crippen molar-refractivity contribution >= 4 is 5.91 Å². The molecule has 0 atom stereocenters. The Kier molecular flexibility index (Phi) is 4.25. The van der Waals surface area contributed by atoms with Crippen LogP contribution in [0.15, 0.2) is 18.2 Å². The smallest absolute Gasteiger partial charge is 0.220 e. The number of fused-ring (bicyclic) bond motifs is 1. The Labute approximate surface area is 115 Å². The highest BCUT2D eigenvalue weighted by molar-refractivity contribution is 5.75. The van der Waals surface area contributed by atoms with Crippen LogP contribution in [0.4, 0.5) is 0 Å². The van der Waals surface area contributed by atoms with Crippen molar-refractivity contribution in [2.75, 3.05) is 0 Å². The monoisotopic (exact) mass is 260 g/mol. The van der Waals surface area contributed by atoms with Crippen LogP contribution in [0.2, 0.25) is 0 Å². The zero-order valence-corrected chi connectivity index (χ0v) is 12.2. The van der Waals surface area contributed by atoms with Crippen molar-refractivity contribution in [3.05, 3.63) is 34.9 Å². The van der Waals surface area contributed by atoms with E-state index in [0.29, 0.717) is 13.0 Å². The first kappa shape index (κ1) is 14.1. The van der Waals surface area contributed by atoms with Gasteiger partial charge in [0.1, 0.15) is 0 Å². The second kappa shape index (κ2) is 5.74. The number of hydrogen-bond donors (Lipinski definition) is 2. The molecule has 0 bridgehead atoms. The largest absolute Gasteiger partial charge is 0.352 e. The molecule has 0 saturated carbocycles. The number of carbonyl (C=O) groups is 1. The van der Waals surface area contributed by atoms with E-state index in [1.165, 1.54) is 16.7 Å². The molecule has 1 aromatic rings. The van der Waals surface area contributed by atoms with E-state index in [1.807, 2.05) is 0 Å². The maximum atomic E-state index is 11.8. The first-order valence-electron chi connectivity index (χ1n) is 7.02. The summed E-state index contributed by atoms with van der Waals surface area (Å²) < 4.78 is 0. The molecule has 2 rings (SSSR count). The fourth-order valence-electron chi connectivity index (χ4n) is 2.24. The van der Waals surface area contributed by atoms with Gasteiger partial charge in [-0.1, -0.05) is 39.0 Å². The van der Waals surface area contributed by atoms with Gasteiger partial charge in [-0.05, 0) is 28.5 Å². The van der Waals surface area contributed by atoms with Crippen molar-refractivity contribution in [2.45, 2.75) is 53.2 Å². The summed E-state index contributed by atoms with van der Waals surface area (Å²) >= 11 is 0. The van der Waals surface area contributed by atoms with E-state index in [2.05, 4.69) is 49.6 Å². The highest BCUT2D eigenvalue weighted by Crippen LogP contribution is 2.20. The van der Waals surface area contributed by atoms with E-state index in [4.69, 9.17) is 0 Å². The molecule has 0 saturated heterocycles. The van der Waals surface area contributed by atoms with E-state index in [0.717, 1.165) is 19.5 Å². The average Bonchev–Trinajstić information content (AvgIpc) is 2.80. The molecule has 1 amide bonds. The van der Waals surface area contributed by atoms with Crippen molar-refractivity contribution in [1.82, 2.24) is 10.6 Å². The highest BCUT2D eigenvalue weighted by atomic mass is 16.1. The second-order valence-electron chi connectivity index (χ2n) is 6.54. The van der Waals surface area contributed by atoms with Crippen LogP contribution >= 0.6 is 0 Å². The van der Waals surface area contributed by atoms with Crippen molar-refractivity contribution in [3.8, 4) is 0 Å². The maximum absolute atomic E-state index is 11.8. The predicted octanol–water partition coefficient (Wildman–Crippen LogP) is 2.73. The SMILES string of the molecule is CC(C)(C)CCC(=O)NCc1ccc2c(c1)CNC2. The number of rotatable bonds is 4. The van der Waals surface area contributed by atoms with Crippen LogP contribution in [-0.4, -0.2) is 5.91 Å². The fourth-order valence-corrected chi connectivity index (χ4v) is 2.24. The molecule has 19 heavy (non-hydrogen) atoms. The molecule has 0 aliphatic carbocycles. The van der Waals surface area contributed by atoms with Crippen LogP contribution in [0.25, 0.3) is 0 Å². The number of hydrogen-bond acceptors (Lipinski definition) is 2. The van der Waals surface area contributed by atoms with Crippen LogP contribution < -0.4 is 10.6 Å². The van der Waals surface area contributed by atoms with Gasteiger partial charge in [-0.25, -0.2) is 0 Å². The molecule has 0 spiro atoms. The van der Waals surface area contributed by atoms with E-state index < -0.39 is 0 Å². The average molecular weight is 260 g/mol. The Morgan fingerprint density at radius 2 is 2.00 bits per heavy atom. The Hall–Kier alpha value is -1.35. The van der Waals surface area contributed by atoms with Gasteiger partial charge in [-0.2, -0.15) is 0 Å². The van der Waals surface area contributed by atoms with Crippen molar-refractivity contribution in [3.63, 3.8) is 0 Å². The zero-order valence-electron chi connectivity index (χ0n) is 12.2. The molecule has 1 aliphatic heterocycles. The standard InChI is InChI=1S/C16H24N2O/c1-16(2,3)7-6-15(19)18-9-12-4-5-13-10-17-11-14(13)8-12/h4-5,8,17H,6-7,9-11H2,1-3H3,(H,18,19). The Morgan fingerprint density at radius 1 is 1.26 bits per heavy atom.